The van der Waals surface area contributed by atoms with E-state index < -0.39 is 12.1 Å². The maximum absolute atomic E-state index is 12.7. The number of rotatable bonds is 6. The summed E-state index contributed by atoms with van der Waals surface area (Å²) in [7, 11) is 0. The van der Waals surface area contributed by atoms with Crippen LogP contribution in [0.25, 0.3) is 11.3 Å². The molecular weight excluding hydrogens is 423 g/mol. The van der Waals surface area contributed by atoms with Crippen molar-refractivity contribution in [2.45, 2.75) is 51.1 Å². The number of ether oxygens (including phenoxy) is 1. The molecule has 174 valence electrons. The Morgan fingerprint density at radius 2 is 1.91 bits per heavy atom. The van der Waals surface area contributed by atoms with Crippen LogP contribution < -0.4 is 10.5 Å². The summed E-state index contributed by atoms with van der Waals surface area (Å²) in [5.74, 6) is 1.25. The molecule has 3 N–H and O–H groups in total. The number of aliphatic hydroxyl groups excluding tert-OH is 1. The number of nitrogens with zero attached hydrogens (tertiary/aromatic N) is 4. The number of aromatic nitrogens is 3. The molecule has 1 aliphatic heterocycles. The van der Waals surface area contributed by atoms with Crippen molar-refractivity contribution in [1.82, 2.24) is 19.7 Å². The molecule has 4 atom stereocenters. The summed E-state index contributed by atoms with van der Waals surface area (Å²) < 4.78 is 44.1. The van der Waals surface area contributed by atoms with Crippen LogP contribution in [0.1, 0.15) is 44.3 Å². The highest BCUT2D eigenvalue weighted by molar-refractivity contribution is 5.64. The van der Waals surface area contributed by atoms with Crippen LogP contribution in [0.2, 0.25) is 0 Å². The highest BCUT2D eigenvalue weighted by Crippen LogP contribution is 2.64. The van der Waals surface area contributed by atoms with Gasteiger partial charge in [0.05, 0.1) is 5.69 Å². The van der Waals surface area contributed by atoms with E-state index in [1.54, 1.807) is 0 Å². The van der Waals surface area contributed by atoms with Gasteiger partial charge in [0.15, 0.2) is 11.6 Å². The first-order chi connectivity index (χ1) is 15.1. The minimum absolute atomic E-state index is 0.129. The second-order valence-electron chi connectivity index (χ2n) is 9.63. The fourth-order valence-electron chi connectivity index (χ4n) is 5.59. The molecule has 1 saturated heterocycles. The fourth-order valence-corrected chi connectivity index (χ4v) is 5.59. The predicted octanol–water partition coefficient (Wildman–Crippen LogP) is 3.42. The van der Waals surface area contributed by atoms with Crippen LogP contribution in [0, 0.1) is 17.8 Å². The Labute approximate surface area is 184 Å². The van der Waals surface area contributed by atoms with Gasteiger partial charge in [0.2, 0.25) is 0 Å². The highest BCUT2D eigenvalue weighted by Gasteiger charge is 2.59. The van der Waals surface area contributed by atoms with Crippen LogP contribution in [0.3, 0.4) is 0 Å². The zero-order valence-corrected chi connectivity index (χ0v) is 18.1. The van der Waals surface area contributed by atoms with Gasteiger partial charge in [-0.25, -0.2) is 4.98 Å². The van der Waals surface area contributed by atoms with Gasteiger partial charge in [-0.1, -0.05) is 0 Å². The van der Waals surface area contributed by atoms with Gasteiger partial charge in [-0.2, -0.15) is 5.10 Å². The van der Waals surface area contributed by atoms with E-state index in [1.165, 1.54) is 12.3 Å². The minimum Gasteiger partial charge on any atom is -0.402 e. The van der Waals surface area contributed by atoms with E-state index in [4.69, 9.17) is 10.8 Å². The lowest BCUT2D eigenvalue weighted by Gasteiger charge is -2.43. The fraction of sp³-hybridized carbons (Fsp3) is 0.636. The van der Waals surface area contributed by atoms with Crippen molar-refractivity contribution in [3.8, 4) is 17.0 Å². The standard InChI is InChI=1S/C22H28F3N5O2/c1-11(2)30-18(20-15-4-14(5-16(15)20)29-8-12(9-29)10-31)6-17(28-30)13-3-19(21(26)27-7-13)32-22(23,24)25/h3,6-7,11-12,14-16,20,31H,4-5,8-10H2,1-2H3,(H2,26,27)/t14-,15-,16+,20+. The molecule has 3 fully saturated rings. The lowest BCUT2D eigenvalue weighted by atomic mass is 9.94. The lowest BCUT2D eigenvalue weighted by molar-refractivity contribution is -0.274. The van der Waals surface area contributed by atoms with Crippen molar-refractivity contribution in [3.05, 3.63) is 24.0 Å². The van der Waals surface area contributed by atoms with E-state index in [1.807, 2.05) is 10.7 Å². The number of pyridine rings is 1. The van der Waals surface area contributed by atoms with Crippen LogP contribution in [-0.4, -0.2) is 56.9 Å². The first-order valence-corrected chi connectivity index (χ1v) is 11.1. The largest absolute Gasteiger partial charge is 0.573 e. The second-order valence-corrected chi connectivity index (χ2v) is 9.63. The number of fused-ring (bicyclic) bond motifs is 1. The molecule has 32 heavy (non-hydrogen) atoms. The summed E-state index contributed by atoms with van der Waals surface area (Å²) in [4.78, 5) is 6.36. The molecular formula is C22H28F3N5O2. The van der Waals surface area contributed by atoms with Gasteiger partial charge in [-0.15, -0.1) is 13.2 Å². The van der Waals surface area contributed by atoms with Crippen molar-refractivity contribution >= 4 is 5.82 Å². The first kappa shape index (κ1) is 21.5. The maximum Gasteiger partial charge on any atom is 0.573 e. The normalized spacial score (nSPS) is 28.1. The minimum atomic E-state index is -4.84. The third-order valence-electron chi connectivity index (χ3n) is 7.18. The predicted molar refractivity (Wildman–Crippen MR) is 112 cm³/mol. The summed E-state index contributed by atoms with van der Waals surface area (Å²) in [6, 6.07) is 3.96. The van der Waals surface area contributed by atoms with E-state index in [-0.39, 0.29) is 18.5 Å². The summed E-state index contributed by atoms with van der Waals surface area (Å²) >= 11 is 0. The van der Waals surface area contributed by atoms with Crippen molar-refractivity contribution in [3.63, 3.8) is 0 Å². The Hall–Kier alpha value is -2.33. The number of nitrogen functional groups attached to an aromatic ring is 1. The van der Waals surface area contributed by atoms with E-state index in [9.17, 15) is 18.3 Å². The Bertz CT molecular complexity index is 990. The van der Waals surface area contributed by atoms with Gasteiger partial charge in [0, 0.05) is 61.1 Å². The summed E-state index contributed by atoms with van der Waals surface area (Å²) in [5, 5.41) is 14.0. The first-order valence-electron chi connectivity index (χ1n) is 11.1. The van der Waals surface area contributed by atoms with Gasteiger partial charge >= 0.3 is 6.36 Å². The van der Waals surface area contributed by atoms with Crippen molar-refractivity contribution in [1.29, 1.82) is 0 Å². The Balaban J connectivity index is 1.35. The molecule has 0 spiro atoms. The molecule has 0 unspecified atom stereocenters. The SMILES string of the molecule is CC(C)n1nc(-c2cnc(N)c(OC(F)(F)F)c2)cc1[C@H]1[C@@H]2C[C@@H](N3CC(CO)C3)C[C@@H]21. The smallest absolute Gasteiger partial charge is 0.402 e. The number of likely N-dealkylation sites (tertiary alicyclic amines) is 1. The number of halogens is 3. The van der Waals surface area contributed by atoms with E-state index in [0.717, 1.165) is 31.6 Å². The number of hydrogen-bond donors (Lipinski definition) is 2. The molecule has 0 aromatic carbocycles. The van der Waals surface area contributed by atoms with Crippen molar-refractivity contribution in [2.24, 2.45) is 17.8 Å². The number of anilines is 1. The van der Waals surface area contributed by atoms with Crippen molar-refractivity contribution < 1.29 is 23.0 Å². The van der Waals surface area contributed by atoms with Gasteiger partial charge in [-0.05, 0) is 50.7 Å². The number of aliphatic hydroxyl groups is 1. The number of alkyl halides is 3. The molecule has 2 aliphatic carbocycles. The topological polar surface area (TPSA) is 89.4 Å². The number of hydrogen-bond acceptors (Lipinski definition) is 6. The van der Waals surface area contributed by atoms with Crippen LogP contribution in [0.15, 0.2) is 18.3 Å². The highest BCUT2D eigenvalue weighted by atomic mass is 19.4. The van der Waals surface area contributed by atoms with Crippen molar-refractivity contribution in [2.75, 3.05) is 25.4 Å². The van der Waals surface area contributed by atoms with Gasteiger partial charge < -0.3 is 15.6 Å². The van der Waals surface area contributed by atoms with E-state index in [2.05, 4.69) is 28.5 Å². The molecule has 3 heterocycles. The summed E-state index contributed by atoms with van der Waals surface area (Å²) in [6.45, 7) is 6.36. The van der Waals surface area contributed by atoms with E-state index >= 15 is 0 Å². The zero-order valence-electron chi connectivity index (χ0n) is 18.1. The van der Waals surface area contributed by atoms with Gasteiger partial charge in [0.25, 0.3) is 0 Å². The quantitative estimate of drug-likeness (QED) is 0.700. The Kier molecular flexibility index (Phi) is 5.12. The summed E-state index contributed by atoms with van der Waals surface area (Å²) in [5.41, 5.74) is 7.72. The van der Waals surface area contributed by atoms with E-state index in [0.29, 0.717) is 41.0 Å². The van der Waals surface area contributed by atoms with Gasteiger partial charge in [0.1, 0.15) is 0 Å². The molecule has 2 aromatic rings. The Morgan fingerprint density at radius 3 is 2.50 bits per heavy atom. The van der Waals surface area contributed by atoms with Crippen LogP contribution in [-0.2, 0) is 0 Å². The van der Waals surface area contributed by atoms with Crippen LogP contribution in [0.4, 0.5) is 19.0 Å². The zero-order chi connectivity index (χ0) is 22.8. The summed E-state index contributed by atoms with van der Waals surface area (Å²) in [6.07, 6.45) is -1.11. The lowest BCUT2D eigenvalue weighted by Crippen LogP contribution is -2.52. The molecule has 2 aromatic heterocycles. The second kappa shape index (κ2) is 7.62. The van der Waals surface area contributed by atoms with Crippen LogP contribution >= 0.6 is 0 Å². The average molecular weight is 451 g/mol. The molecule has 5 rings (SSSR count). The van der Waals surface area contributed by atoms with Gasteiger partial charge in [-0.3, -0.25) is 9.58 Å². The monoisotopic (exact) mass is 451 g/mol. The molecule has 7 nitrogen and oxygen atoms in total. The molecule has 0 bridgehead atoms. The molecule has 10 heteroatoms. The third-order valence-corrected chi connectivity index (χ3v) is 7.18. The molecule has 0 amide bonds. The molecule has 2 saturated carbocycles. The molecule has 0 radical (unpaired) electrons. The average Bonchev–Trinajstić information content (AvgIpc) is 3.04. The van der Waals surface area contributed by atoms with Crippen LogP contribution in [0.5, 0.6) is 5.75 Å². The third kappa shape index (κ3) is 3.83. The maximum atomic E-state index is 12.7. The molecule has 3 aliphatic rings. The Morgan fingerprint density at radius 1 is 1.22 bits per heavy atom. The number of nitrogens with two attached hydrogens (primary N) is 1.